The fraction of sp³-hybridized carbons (Fsp3) is 1.00. The fourth-order valence-electron chi connectivity index (χ4n) is 0.828. The first-order valence-electron chi connectivity index (χ1n) is 4.02. The van der Waals surface area contributed by atoms with Gasteiger partial charge in [0.2, 0.25) is 0 Å². The van der Waals surface area contributed by atoms with Gasteiger partial charge in [-0.25, -0.2) is 25.3 Å². The first-order chi connectivity index (χ1) is 9.12. The number of sulfone groups is 3. The molecule has 0 saturated carbocycles. The van der Waals surface area contributed by atoms with Crippen LogP contribution in [0.4, 0.5) is 39.5 Å². The zero-order valence-corrected chi connectivity index (χ0v) is 11.6. The Morgan fingerprint density at radius 1 is 0.455 bits per heavy atom. The van der Waals surface area contributed by atoms with Crippen molar-refractivity contribution in [2.45, 2.75) is 20.4 Å². The summed E-state index contributed by atoms with van der Waals surface area (Å²) >= 11 is 0. The molecule has 0 N–H and O–H groups in total. The Morgan fingerprint density at radius 2 is 0.591 bits per heavy atom. The predicted molar refractivity (Wildman–Crippen MR) is 48.7 cm³/mol. The lowest BCUT2D eigenvalue weighted by Crippen LogP contribution is -2.52. The van der Waals surface area contributed by atoms with Crippen LogP contribution in [0.25, 0.3) is 0 Å². The number of hydrogen-bond donors (Lipinski definition) is 0. The van der Waals surface area contributed by atoms with E-state index in [0.717, 1.165) is 0 Å². The highest BCUT2D eigenvalue weighted by Crippen LogP contribution is 2.42. The fourth-order valence-corrected chi connectivity index (χ4v) is 7.45. The van der Waals surface area contributed by atoms with Crippen LogP contribution < -0.4 is 0 Å². The summed E-state index contributed by atoms with van der Waals surface area (Å²) in [6, 6.07) is 0. The minimum absolute atomic E-state index is 5.85. The molecule has 0 amide bonds. The SMILES string of the molecule is O=S(=O)(C(S(=O)(=O)C(F)(F)F)S(=O)(=O)C(F)(F)F)C(F)(F)F. The van der Waals surface area contributed by atoms with E-state index >= 15 is 0 Å². The molecular formula is C4HF9O6S3. The molecular weight excluding hydrogens is 411 g/mol. The van der Waals surface area contributed by atoms with Crippen molar-refractivity contribution in [1.29, 1.82) is 0 Å². The highest BCUT2D eigenvalue weighted by molar-refractivity contribution is 8.24. The summed E-state index contributed by atoms with van der Waals surface area (Å²) in [5, 5.41) is 0. The van der Waals surface area contributed by atoms with Crippen LogP contribution in [0.1, 0.15) is 0 Å². The molecule has 0 heterocycles. The second-order valence-corrected chi connectivity index (χ2v) is 10.2. The van der Waals surface area contributed by atoms with E-state index < -0.39 is 50.0 Å². The van der Waals surface area contributed by atoms with Gasteiger partial charge < -0.3 is 0 Å². The Balaban J connectivity index is 7.00. The Labute approximate surface area is 115 Å². The van der Waals surface area contributed by atoms with Gasteiger partial charge in [-0.3, -0.25) is 0 Å². The van der Waals surface area contributed by atoms with E-state index in [0.29, 0.717) is 0 Å². The van der Waals surface area contributed by atoms with Crippen LogP contribution in [-0.4, -0.2) is 45.7 Å². The maximum absolute atomic E-state index is 12.1. The molecule has 0 aliphatic heterocycles. The predicted octanol–water partition coefficient (Wildman–Crippen LogP) is 1.07. The van der Waals surface area contributed by atoms with Gasteiger partial charge in [-0.2, -0.15) is 39.5 Å². The molecule has 0 aromatic heterocycles. The van der Waals surface area contributed by atoms with Crippen molar-refractivity contribution in [3.8, 4) is 0 Å². The van der Waals surface area contributed by atoms with Gasteiger partial charge in [0.05, 0.1) is 0 Å². The first kappa shape index (κ1) is 21.2. The molecule has 0 spiro atoms. The average Bonchev–Trinajstić information content (AvgIpc) is 2.09. The van der Waals surface area contributed by atoms with E-state index in [9.17, 15) is 64.8 Å². The zero-order chi connectivity index (χ0) is 18.6. The largest absolute Gasteiger partial charge is 0.499 e. The van der Waals surface area contributed by atoms with E-state index in [1.807, 2.05) is 0 Å². The summed E-state index contributed by atoms with van der Waals surface area (Å²) in [4.78, 5) is 0. The second-order valence-electron chi connectivity index (χ2n) is 3.26. The Bertz CT molecular complexity index is 628. The second kappa shape index (κ2) is 5.11. The van der Waals surface area contributed by atoms with E-state index in [1.54, 1.807) is 0 Å². The lowest BCUT2D eigenvalue weighted by molar-refractivity contribution is -0.0490. The number of rotatable bonds is 3. The van der Waals surface area contributed by atoms with Crippen molar-refractivity contribution in [2.75, 3.05) is 0 Å². The molecule has 22 heavy (non-hydrogen) atoms. The Kier molecular flexibility index (Phi) is 4.93. The molecule has 0 aromatic rings. The van der Waals surface area contributed by atoms with Gasteiger partial charge in [-0.15, -0.1) is 0 Å². The molecule has 134 valence electrons. The van der Waals surface area contributed by atoms with Crippen molar-refractivity contribution >= 4 is 29.5 Å². The van der Waals surface area contributed by atoms with Gasteiger partial charge in [0.15, 0.2) is 0 Å². The number of hydrogen-bond acceptors (Lipinski definition) is 6. The molecule has 0 atom stereocenters. The topological polar surface area (TPSA) is 102 Å². The summed E-state index contributed by atoms with van der Waals surface area (Å²) in [6.07, 6.45) is 0. The Morgan fingerprint density at radius 3 is 0.682 bits per heavy atom. The van der Waals surface area contributed by atoms with Gasteiger partial charge in [0.25, 0.3) is 33.4 Å². The third-order valence-electron chi connectivity index (χ3n) is 1.73. The smallest absolute Gasteiger partial charge is 0.217 e. The maximum atomic E-state index is 12.1. The van der Waals surface area contributed by atoms with Crippen LogP contribution in [0.2, 0.25) is 0 Å². The minimum atomic E-state index is -7.94. The van der Waals surface area contributed by atoms with Crippen molar-refractivity contribution in [3.63, 3.8) is 0 Å². The summed E-state index contributed by atoms with van der Waals surface area (Å²) in [6.45, 7) is 0. The number of alkyl halides is 9. The van der Waals surface area contributed by atoms with Crippen LogP contribution in [0.3, 0.4) is 0 Å². The molecule has 0 aliphatic carbocycles. The van der Waals surface area contributed by atoms with Gasteiger partial charge in [-0.05, 0) is 0 Å². The summed E-state index contributed by atoms with van der Waals surface area (Å²) in [5.41, 5.74) is -21.1. The molecule has 0 aromatic carbocycles. The van der Waals surface area contributed by atoms with Crippen molar-refractivity contribution in [3.05, 3.63) is 0 Å². The molecule has 0 saturated heterocycles. The van der Waals surface area contributed by atoms with E-state index in [4.69, 9.17) is 0 Å². The monoisotopic (exact) mass is 412 g/mol. The highest BCUT2D eigenvalue weighted by atomic mass is 32.3. The summed E-state index contributed by atoms with van der Waals surface area (Å²) in [7, 11) is -23.8. The van der Waals surface area contributed by atoms with Gasteiger partial charge in [0, 0.05) is 0 Å². The molecule has 0 aliphatic rings. The van der Waals surface area contributed by atoms with E-state index in [2.05, 4.69) is 0 Å². The quantitative estimate of drug-likeness (QED) is 0.643. The van der Waals surface area contributed by atoms with Crippen LogP contribution in [0.15, 0.2) is 0 Å². The standard InChI is InChI=1S/C4HF9O6S3/c5-2(6,7)20(14,15)1(21(16,17)3(8,9)10)22(18,19)4(11,12)13/h1H. The third kappa shape index (κ3) is 3.26. The van der Waals surface area contributed by atoms with Gasteiger partial charge in [-0.1, -0.05) is 0 Å². The van der Waals surface area contributed by atoms with Crippen molar-refractivity contribution < 1.29 is 64.8 Å². The maximum Gasteiger partial charge on any atom is 0.499 e. The van der Waals surface area contributed by atoms with Crippen LogP contribution >= 0.6 is 0 Å². The molecule has 0 rings (SSSR count). The van der Waals surface area contributed by atoms with E-state index in [1.165, 1.54) is 0 Å². The van der Waals surface area contributed by atoms with Crippen LogP contribution in [0.5, 0.6) is 0 Å². The van der Waals surface area contributed by atoms with Crippen molar-refractivity contribution in [2.24, 2.45) is 0 Å². The molecule has 0 bridgehead atoms. The van der Waals surface area contributed by atoms with Crippen LogP contribution in [-0.2, 0) is 29.5 Å². The van der Waals surface area contributed by atoms with Crippen LogP contribution in [0, 0.1) is 0 Å². The van der Waals surface area contributed by atoms with E-state index in [-0.39, 0.29) is 0 Å². The third-order valence-corrected chi connectivity index (χ3v) is 9.74. The summed E-state index contributed by atoms with van der Waals surface area (Å²) < 4.78 is 167. The summed E-state index contributed by atoms with van der Waals surface area (Å²) in [5.74, 6) is 0. The molecule has 0 radical (unpaired) electrons. The molecule has 18 heteroatoms. The zero-order valence-electron chi connectivity index (χ0n) is 9.15. The molecule has 6 nitrogen and oxygen atoms in total. The van der Waals surface area contributed by atoms with Gasteiger partial charge >= 0.3 is 16.5 Å². The molecule has 0 fully saturated rings. The number of halogens is 9. The first-order valence-corrected chi connectivity index (χ1v) is 8.66. The average molecular weight is 412 g/mol. The lowest BCUT2D eigenvalue weighted by Gasteiger charge is -2.21. The molecule has 0 unspecified atom stereocenters. The lowest BCUT2D eigenvalue weighted by atomic mass is 11.5. The van der Waals surface area contributed by atoms with Crippen molar-refractivity contribution in [1.82, 2.24) is 0 Å². The minimum Gasteiger partial charge on any atom is -0.217 e. The Hall–Kier alpha value is -0.780. The normalized spacial score (nSPS) is 16.1. The highest BCUT2D eigenvalue weighted by Gasteiger charge is 2.73. The van der Waals surface area contributed by atoms with Gasteiger partial charge in [0.1, 0.15) is 0 Å².